The standard InChI is InChI=1S/C10H9ClN2O2/c1-2-13-9(11)8-6(10(14)15)4-3-5-7(8)12-13/h3-5H,2H2,1H3,(H,14,15). The first kappa shape index (κ1) is 9.98. The van der Waals surface area contributed by atoms with E-state index in [9.17, 15) is 4.79 Å². The third-order valence-corrected chi connectivity index (χ3v) is 2.62. The Morgan fingerprint density at radius 1 is 1.60 bits per heavy atom. The van der Waals surface area contributed by atoms with Gasteiger partial charge in [-0.05, 0) is 19.1 Å². The molecule has 5 heteroatoms. The molecule has 0 saturated carbocycles. The average molecular weight is 225 g/mol. The van der Waals surface area contributed by atoms with E-state index in [4.69, 9.17) is 16.7 Å². The van der Waals surface area contributed by atoms with Gasteiger partial charge in [0, 0.05) is 6.54 Å². The van der Waals surface area contributed by atoms with Gasteiger partial charge < -0.3 is 5.11 Å². The van der Waals surface area contributed by atoms with Crippen molar-refractivity contribution < 1.29 is 9.90 Å². The van der Waals surface area contributed by atoms with E-state index in [1.807, 2.05) is 6.92 Å². The number of benzene rings is 1. The van der Waals surface area contributed by atoms with Crippen LogP contribution in [0.15, 0.2) is 18.2 Å². The zero-order valence-corrected chi connectivity index (χ0v) is 8.82. The third kappa shape index (κ3) is 1.47. The predicted molar refractivity (Wildman–Crippen MR) is 57.4 cm³/mol. The van der Waals surface area contributed by atoms with Crippen molar-refractivity contribution in [2.45, 2.75) is 13.5 Å². The number of aromatic carboxylic acids is 1. The van der Waals surface area contributed by atoms with Crippen molar-refractivity contribution in [1.82, 2.24) is 9.78 Å². The molecule has 0 spiro atoms. The molecule has 0 aliphatic carbocycles. The molecule has 0 atom stereocenters. The van der Waals surface area contributed by atoms with Gasteiger partial charge in [0.1, 0.15) is 5.15 Å². The Morgan fingerprint density at radius 2 is 2.33 bits per heavy atom. The second-order valence-corrected chi connectivity index (χ2v) is 3.47. The van der Waals surface area contributed by atoms with E-state index in [-0.39, 0.29) is 5.56 Å². The number of aromatic nitrogens is 2. The summed E-state index contributed by atoms with van der Waals surface area (Å²) >= 11 is 6.04. The molecule has 0 amide bonds. The van der Waals surface area contributed by atoms with Crippen molar-refractivity contribution in [1.29, 1.82) is 0 Å². The van der Waals surface area contributed by atoms with Crippen LogP contribution in [0.4, 0.5) is 0 Å². The molecule has 0 fully saturated rings. The maximum atomic E-state index is 11.0. The Hall–Kier alpha value is -1.55. The minimum atomic E-state index is -0.988. The molecule has 1 aromatic carbocycles. The summed E-state index contributed by atoms with van der Waals surface area (Å²) in [5.41, 5.74) is 0.805. The second kappa shape index (κ2) is 3.55. The van der Waals surface area contributed by atoms with E-state index in [2.05, 4.69) is 5.10 Å². The monoisotopic (exact) mass is 224 g/mol. The highest BCUT2D eigenvalue weighted by Gasteiger charge is 2.15. The first-order chi connectivity index (χ1) is 7.15. The van der Waals surface area contributed by atoms with Crippen LogP contribution >= 0.6 is 11.6 Å². The van der Waals surface area contributed by atoms with Gasteiger partial charge in [0.25, 0.3) is 0 Å². The summed E-state index contributed by atoms with van der Waals surface area (Å²) in [4.78, 5) is 11.0. The zero-order chi connectivity index (χ0) is 11.0. The van der Waals surface area contributed by atoms with Crippen LogP contribution in [0.25, 0.3) is 10.9 Å². The highest BCUT2D eigenvalue weighted by Crippen LogP contribution is 2.26. The van der Waals surface area contributed by atoms with Gasteiger partial charge in [-0.1, -0.05) is 17.7 Å². The number of nitrogens with zero attached hydrogens (tertiary/aromatic N) is 2. The summed E-state index contributed by atoms with van der Waals surface area (Å²) in [7, 11) is 0. The Morgan fingerprint density at radius 3 is 2.93 bits per heavy atom. The SMILES string of the molecule is CCn1nc2cccc(C(=O)O)c2c1Cl. The van der Waals surface area contributed by atoms with Crippen LogP contribution in [0.1, 0.15) is 17.3 Å². The lowest BCUT2D eigenvalue weighted by molar-refractivity contribution is 0.0699. The van der Waals surface area contributed by atoms with E-state index in [1.165, 1.54) is 6.07 Å². The van der Waals surface area contributed by atoms with Crippen LogP contribution in [0.3, 0.4) is 0 Å². The Kier molecular flexibility index (Phi) is 2.36. The molecule has 1 heterocycles. The van der Waals surface area contributed by atoms with Gasteiger partial charge in [0.05, 0.1) is 16.5 Å². The van der Waals surface area contributed by atoms with Crippen molar-refractivity contribution in [2.24, 2.45) is 0 Å². The van der Waals surface area contributed by atoms with Crippen LogP contribution in [-0.2, 0) is 6.54 Å². The van der Waals surface area contributed by atoms with Gasteiger partial charge in [-0.15, -0.1) is 0 Å². The molecule has 0 aliphatic heterocycles. The number of fused-ring (bicyclic) bond motifs is 1. The molecule has 15 heavy (non-hydrogen) atoms. The Bertz CT molecular complexity index is 533. The number of halogens is 1. The predicted octanol–water partition coefficient (Wildman–Crippen LogP) is 2.41. The van der Waals surface area contributed by atoms with E-state index in [1.54, 1.807) is 16.8 Å². The van der Waals surface area contributed by atoms with Crippen LogP contribution in [-0.4, -0.2) is 20.9 Å². The van der Waals surface area contributed by atoms with Crippen LogP contribution in [0.2, 0.25) is 5.15 Å². The molecule has 0 unspecified atom stereocenters. The molecule has 2 rings (SSSR count). The first-order valence-corrected chi connectivity index (χ1v) is 4.91. The molecule has 1 N–H and O–H groups in total. The smallest absolute Gasteiger partial charge is 0.336 e. The Balaban J connectivity index is 2.84. The van der Waals surface area contributed by atoms with E-state index >= 15 is 0 Å². The normalized spacial score (nSPS) is 10.8. The molecule has 2 aromatic rings. The largest absolute Gasteiger partial charge is 0.478 e. The minimum Gasteiger partial charge on any atom is -0.478 e. The van der Waals surface area contributed by atoms with Gasteiger partial charge in [0.15, 0.2) is 0 Å². The fraction of sp³-hybridized carbons (Fsp3) is 0.200. The molecular formula is C10H9ClN2O2. The molecule has 0 radical (unpaired) electrons. The van der Waals surface area contributed by atoms with E-state index < -0.39 is 5.97 Å². The second-order valence-electron chi connectivity index (χ2n) is 3.11. The number of carboxylic acids is 1. The van der Waals surface area contributed by atoms with Gasteiger partial charge >= 0.3 is 5.97 Å². The van der Waals surface area contributed by atoms with Gasteiger partial charge in [0.2, 0.25) is 0 Å². The molecular weight excluding hydrogens is 216 g/mol. The number of hydrogen-bond donors (Lipinski definition) is 1. The van der Waals surface area contributed by atoms with Crippen molar-refractivity contribution in [3.8, 4) is 0 Å². The summed E-state index contributed by atoms with van der Waals surface area (Å²) in [5.74, 6) is -0.988. The van der Waals surface area contributed by atoms with Crippen molar-refractivity contribution in [3.05, 3.63) is 28.9 Å². The molecule has 4 nitrogen and oxygen atoms in total. The van der Waals surface area contributed by atoms with Gasteiger partial charge in [-0.2, -0.15) is 5.10 Å². The lowest BCUT2D eigenvalue weighted by atomic mass is 10.1. The Labute approximate surface area is 91.1 Å². The fourth-order valence-corrected chi connectivity index (χ4v) is 1.89. The van der Waals surface area contributed by atoms with Crippen molar-refractivity contribution in [3.63, 3.8) is 0 Å². The number of carbonyl (C=O) groups is 1. The maximum Gasteiger partial charge on any atom is 0.336 e. The summed E-state index contributed by atoms with van der Waals surface area (Å²) in [6.07, 6.45) is 0. The average Bonchev–Trinajstić information content (AvgIpc) is 2.55. The van der Waals surface area contributed by atoms with E-state index in [0.717, 1.165) is 0 Å². The highest BCUT2D eigenvalue weighted by atomic mass is 35.5. The summed E-state index contributed by atoms with van der Waals surface area (Å²) in [6, 6.07) is 4.94. The molecule has 1 aromatic heterocycles. The molecule has 0 bridgehead atoms. The van der Waals surface area contributed by atoms with Crippen LogP contribution in [0, 0.1) is 0 Å². The number of aryl methyl sites for hydroxylation is 1. The van der Waals surface area contributed by atoms with Crippen LogP contribution < -0.4 is 0 Å². The van der Waals surface area contributed by atoms with Gasteiger partial charge in [-0.25, -0.2) is 4.79 Å². The quantitative estimate of drug-likeness (QED) is 0.852. The molecule has 0 aliphatic rings. The maximum absolute atomic E-state index is 11.0. The lowest BCUT2D eigenvalue weighted by Crippen LogP contribution is -1.97. The zero-order valence-electron chi connectivity index (χ0n) is 8.07. The summed E-state index contributed by atoms with van der Waals surface area (Å²) in [6.45, 7) is 2.52. The lowest BCUT2D eigenvalue weighted by Gasteiger charge is -1.97. The number of hydrogen-bond acceptors (Lipinski definition) is 2. The van der Waals surface area contributed by atoms with Crippen LogP contribution in [0.5, 0.6) is 0 Å². The molecule has 0 saturated heterocycles. The highest BCUT2D eigenvalue weighted by molar-refractivity contribution is 6.35. The summed E-state index contributed by atoms with van der Waals surface area (Å²) < 4.78 is 1.58. The molecule has 78 valence electrons. The summed E-state index contributed by atoms with van der Waals surface area (Å²) in [5, 5.41) is 14.1. The van der Waals surface area contributed by atoms with E-state index in [0.29, 0.717) is 22.6 Å². The van der Waals surface area contributed by atoms with Crippen molar-refractivity contribution >= 4 is 28.5 Å². The first-order valence-electron chi connectivity index (χ1n) is 4.53. The number of carboxylic acid groups (broad SMARTS) is 1. The minimum absolute atomic E-state index is 0.192. The number of rotatable bonds is 2. The fourth-order valence-electron chi connectivity index (χ4n) is 1.53. The topological polar surface area (TPSA) is 55.1 Å². The van der Waals surface area contributed by atoms with Crippen molar-refractivity contribution in [2.75, 3.05) is 0 Å². The van der Waals surface area contributed by atoms with Gasteiger partial charge in [-0.3, -0.25) is 4.68 Å². The third-order valence-electron chi connectivity index (χ3n) is 2.23.